The highest BCUT2D eigenvalue weighted by Gasteiger charge is 2.39. The van der Waals surface area contributed by atoms with Gasteiger partial charge in [-0.3, -0.25) is 0 Å². The second-order valence-corrected chi connectivity index (χ2v) is 3.94. The predicted octanol–water partition coefficient (Wildman–Crippen LogP) is 2.34. The molecule has 0 bridgehead atoms. The van der Waals surface area contributed by atoms with Gasteiger partial charge in [-0.25, -0.2) is 9.78 Å². The standard InChI is InChI=1S/C14H13NO4/c1-14(13(16)17,18-11-7-3-2-4-8-11)19-12-9-5-6-10-15-12/h2-10H,1H3,(H,16,17). The molecule has 0 aliphatic carbocycles. The van der Waals surface area contributed by atoms with E-state index in [1.807, 2.05) is 6.07 Å². The second kappa shape index (κ2) is 5.39. The predicted molar refractivity (Wildman–Crippen MR) is 68.0 cm³/mol. The van der Waals surface area contributed by atoms with Gasteiger partial charge in [0, 0.05) is 19.2 Å². The van der Waals surface area contributed by atoms with Crippen LogP contribution < -0.4 is 9.47 Å². The minimum Gasteiger partial charge on any atom is -0.475 e. The number of carboxylic acids is 1. The molecule has 0 radical (unpaired) electrons. The third kappa shape index (κ3) is 3.22. The molecule has 0 amide bonds. The summed E-state index contributed by atoms with van der Waals surface area (Å²) in [5.41, 5.74) is 0. The molecule has 98 valence electrons. The molecule has 5 heteroatoms. The summed E-state index contributed by atoms with van der Waals surface area (Å²) in [6.45, 7) is 1.33. The fourth-order valence-corrected chi connectivity index (χ4v) is 1.43. The second-order valence-electron chi connectivity index (χ2n) is 3.94. The van der Waals surface area contributed by atoms with Crippen molar-refractivity contribution >= 4 is 5.97 Å². The third-order valence-electron chi connectivity index (χ3n) is 2.38. The van der Waals surface area contributed by atoms with Gasteiger partial charge in [0.05, 0.1) is 0 Å². The van der Waals surface area contributed by atoms with Crippen LogP contribution in [0.5, 0.6) is 11.6 Å². The van der Waals surface area contributed by atoms with Crippen molar-refractivity contribution < 1.29 is 19.4 Å². The molecule has 2 aromatic rings. The van der Waals surface area contributed by atoms with E-state index >= 15 is 0 Å². The number of para-hydroxylation sites is 1. The summed E-state index contributed by atoms with van der Waals surface area (Å²) < 4.78 is 10.7. The Bertz CT molecular complexity index is 500. The molecular weight excluding hydrogens is 246 g/mol. The zero-order valence-electron chi connectivity index (χ0n) is 10.3. The zero-order valence-corrected chi connectivity index (χ0v) is 10.3. The molecule has 1 aromatic carbocycles. The summed E-state index contributed by atoms with van der Waals surface area (Å²) in [5.74, 6) is -2.48. The average Bonchev–Trinajstić information content (AvgIpc) is 2.40. The minimum atomic E-state index is -1.84. The van der Waals surface area contributed by atoms with Crippen molar-refractivity contribution in [1.82, 2.24) is 4.98 Å². The Hall–Kier alpha value is -2.56. The third-order valence-corrected chi connectivity index (χ3v) is 2.38. The van der Waals surface area contributed by atoms with E-state index in [1.54, 1.807) is 42.5 Å². The van der Waals surface area contributed by atoms with E-state index in [4.69, 9.17) is 9.47 Å². The van der Waals surface area contributed by atoms with E-state index in [2.05, 4.69) is 4.98 Å². The van der Waals surface area contributed by atoms with Gasteiger partial charge in [0.2, 0.25) is 5.88 Å². The molecule has 1 heterocycles. The average molecular weight is 259 g/mol. The minimum absolute atomic E-state index is 0.184. The van der Waals surface area contributed by atoms with Crippen LogP contribution >= 0.6 is 0 Å². The first-order chi connectivity index (χ1) is 9.10. The van der Waals surface area contributed by atoms with E-state index in [9.17, 15) is 9.90 Å². The van der Waals surface area contributed by atoms with Crippen molar-refractivity contribution in [2.45, 2.75) is 12.7 Å². The first-order valence-corrected chi connectivity index (χ1v) is 5.68. The fourth-order valence-electron chi connectivity index (χ4n) is 1.43. The number of carboxylic acid groups (broad SMARTS) is 1. The van der Waals surface area contributed by atoms with Gasteiger partial charge in [0.15, 0.2) is 0 Å². The van der Waals surface area contributed by atoms with Crippen molar-refractivity contribution in [2.24, 2.45) is 0 Å². The van der Waals surface area contributed by atoms with Crippen molar-refractivity contribution in [1.29, 1.82) is 0 Å². The summed E-state index contributed by atoms with van der Waals surface area (Å²) in [7, 11) is 0. The van der Waals surface area contributed by atoms with Gasteiger partial charge < -0.3 is 14.6 Å². The highest BCUT2D eigenvalue weighted by Crippen LogP contribution is 2.21. The largest absolute Gasteiger partial charge is 0.475 e. The number of hydrogen-bond acceptors (Lipinski definition) is 4. The highest BCUT2D eigenvalue weighted by atomic mass is 16.7. The van der Waals surface area contributed by atoms with Gasteiger partial charge >= 0.3 is 11.8 Å². The van der Waals surface area contributed by atoms with Crippen LogP contribution in [-0.4, -0.2) is 21.8 Å². The number of carbonyl (C=O) groups is 1. The maximum atomic E-state index is 11.4. The van der Waals surface area contributed by atoms with Crippen LogP contribution in [0.15, 0.2) is 54.7 Å². The van der Waals surface area contributed by atoms with Crippen molar-refractivity contribution in [3.63, 3.8) is 0 Å². The topological polar surface area (TPSA) is 68.7 Å². The summed E-state index contributed by atoms with van der Waals surface area (Å²) >= 11 is 0. The molecule has 1 unspecified atom stereocenters. The maximum Gasteiger partial charge on any atom is 0.390 e. The number of pyridine rings is 1. The van der Waals surface area contributed by atoms with Crippen LogP contribution in [0.2, 0.25) is 0 Å². The first kappa shape index (κ1) is 12.9. The maximum absolute atomic E-state index is 11.4. The Kier molecular flexibility index (Phi) is 3.66. The molecule has 1 aromatic heterocycles. The van der Waals surface area contributed by atoms with Crippen LogP contribution in [0, 0.1) is 0 Å². The SMILES string of the molecule is CC(Oc1ccccc1)(Oc1ccccn1)C(=O)O. The van der Waals surface area contributed by atoms with Gasteiger partial charge in [-0.15, -0.1) is 0 Å². The van der Waals surface area contributed by atoms with Crippen molar-refractivity contribution in [3.05, 3.63) is 54.7 Å². The van der Waals surface area contributed by atoms with Crippen molar-refractivity contribution in [2.75, 3.05) is 0 Å². The van der Waals surface area contributed by atoms with Crippen LogP contribution in [-0.2, 0) is 4.79 Å². The van der Waals surface area contributed by atoms with E-state index in [0.29, 0.717) is 5.75 Å². The van der Waals surface area contributed by atoms with Gasteiger partial charge in [-0.1, -0.05) is 24.3 Å². The van der Waals surface area contributed by atoms with E-state index < -0.39 is 11.8 Å². The molecule has 5 nitrogen and oxygen atoms in total. The molecular formula is C14H13NO4. The molecule has 0 fully saturated rings. The number of nitrogens with zero attached hydrogens (tertiary/aromatic N) is 1. The van der Waals surface area contributed by atoms with Crippen LogP contribution in [0.3, 0.4) is 0 Å². The summed E-state index contributed by atoms with van der Waals surface area (Å²) in [5, 5.41) is 9.28. The smallest absolute Gasteiger partial charge is 0.390 e. The lowest BCUT2D eigenvalue weighted by Gasteiger charge is -2.26. The number of aliphatic carboxylic acids is 1. The zero-order chi connectivity index (χ0) is 13.7. The Morgan fingerprint density at radius 1 is 1.11 bits per heavy atom. The normalized spacial score (nSPS) is 13.3. The van der Waals surface area contributed by atoms with Crippen LogP contribution in [0.4, 0.5) is 0 Å². The molecule has 0 aliphatic heterocycles. The fraction of sp³-hybridized carbons (Fsp3) is 0.143. The number of benzene rings is 1. The van der Waals surface area contributed by atoms with E-state index in [0.717, 1.165) is 0 Å². The number of ether oxygens (including phenoxy) is 2. The molecule has 0 saturated heterocycles. The molecule has 0 aliphatic rings. The lowest BCUT2D eigenvalue weighted by atomic mass is 10.3. The van der Waals surface area contributed by atoms with Gasteiger partial charge in [-0.05, 0) is 18.2 Å². The highest BCUT2D eigenvalue weighted by molar-refractivity contribution is 5.76. The Balaban J connectivity index is 2.21. The van der Waals surface area contributed by atoms with Crippen LogP contribution in [0.25, 0.3) is 0 Å². The number of hydrogen-bond donors (Lipinski definition) is 1. The Labute approximate surface area is 110 Å². The van der Waals surface area contributed by atoms with Gasteiger partial charge in [0.1, 0.15) is 5.75 Å². The molecule has 0 saturated carbocycles. The summed E-state index contributed by atoms with van der Waals surface area (Å²) in [4.78, 5) is 15.3. The number of aromatic nitrogens is 1. The summed E-state index contributed by atoms with van der Waals surface area (Å²) in [6, 6.07) is 13.6. The molecule has 2 rings (SSSR count). The monoisotopic (exact) mass is 259 g/mol. The lowest BCUT2D eigenvalue weighted by Crippen LogP contribution is -2.47. The quantitative estimate of drug-likeness (QED) is 0.835. The molecule has 1 atom stereocenters. The van der Waals surface area contributed by atoms with E-state index in [-0.39, 0.29) is 5.88 Å². The van der Waals surface area contributed by atoms with Crippen molar-refractivity contribution in [3.8, 4) is 11.6 Å². The van der Waals surface area contributed by atoms with Gasteiger partial charge in [0.25, 0.3) is 0 Å². The Morgan fingerprint density at radius 2 is 1.79 bits per heavy atom. The van der Waals surface area contributed by atoms with Crippen LogP contribution in [0.1, 0.15) is 6.92 Å². The molecule has 19 heavy (non-hydrogen) atoms. The lowest BCUT2D eigenvalue weighted by molar-refractivity contribution is -0.181. The Morgan fingerprint density at radius 3 is 2.37 bits per heavy atom. The summed E-state index contributed by atoms with van der Waals surface area (Å²) in [6.07, 6.45) is 1.51. The van der Waals surface area contributed by atoms with Gasteiger partial charge in [-0.2, -0.15) is 0 Å². The molecule has 0 spiro atoms. The number of rotatable bonds is 5. The first-order valence-electron chi connectivity index (χ1n) is 5.68. The van der Waals surface area contributed by atoms with E-state index in [1.165, 1.54) is 13.1 Å². The molecule has 1 N–H and O–H groups in total.